The number of carbonyl (C=O) groups excluding carboxylic acids is 2. The number of carbonyl (C=O) groups is 2. The smallest absolute Gasteiger partial charge is 0.265 e. The third-order valence-corrected chi connectivity index (χ3v) is 8.08. The van der Waals surface area contributed by atoms with Crippen LogP contribution in [0, 0.1) is 0 Å². The number of aryl methyl sites for hydroxylation is 1. The van der Waals surface area contributed by atoms with Crippen LogP contribution >= 0.6 is 0 Å². The van der Waals surface area contributed by atoms with Crippen molar-refractivity contribution in [3.05, 3.63) is 54.1 Å². The maximum atomic E-state index is 13.2. The highest BCUT2D eigenvalue weighted by molar-refractivity contribution is 7.89. The molecule has 2 heterocycles. The molecule has 2 aliphatic rings. The number of benzene rings is 2. The summed E-state index contributed by atoms with van der Waals surface area (Å²) in [6.45, 7) is 1.09. The first kappa shape index (κ1) is 24.2. The van der Waals surface area contributed by atoms with Crippen molar-refractivity contribution in [2.24, 2.45) is 0 Å². The van der Waals surface area contributed by atoms with Gasteiger partial charge >= 0.3 is 0 Å². The van der Waals surface area contributed by atoms with Crippen LogP contribution < -0.4 is 15.0 Å². The molecule has 0 unspecified atom stereocenters. The van der Waals surface area contributed by atoms with Crippen molar-refractivity contribution in [3.63, 3.8) is 0 Å². The summed E-state index contributed by atoms with van der Waals surface area (Å²) in [5.74, 6) is -0.280. The van der Waals surface area contributed by atoms with Crippen molar-refractivity contribution in [1.29, 1.82) is 0 Å². The van der Waals surface area contributed by atoms with Crippen LogP contribution in [0.15, 0.2) is 53.4 Å². The first-order chi connectivity index (χ1) is 16.4. The van der Waals surface area contributed by atoms with Crippen molar-refractivity contribution < 1.29 is 22.7 Å². The number of ether oxygens (including phenoxy) is 1. The maximum Gasteiger partial charge on any atom is 0.265 e. The van der Waals surface area contributed by atoms with Crippen molar-refractivity contribution in [3.8, 4) is 5.75 Å². The van der Waals surface area contributed by atoms with Gasteiger partial charge in [0.25, 0.3) is 5.91 Å². The van der Waals surface area contributed by atoms with E-state index in [1.807, 2.05) is 30.3 Å². The van der Waals surface area contributed by atoms with Crippen molar-refractivity contribution in [2.75, 3.05) is 37.7 Å². The molecule has 0 saturated carbocycles. The second-order valence-electron chi connectivity index (χ2n) is 8.66. The molecular formula is C25H31N3O5S. The Kier molecular flexibility index (Phi) is 7.84. The molecule has 1 fully saturated rings. The van der Waals surface area contributed by atoms with E-state index in [4.69, 9.17) is 4.74 Å². The van der Waals surface area contributed by atoms with Crippen molar-refractivity contribution >= 4 is 27.5 Å². The lowest BCUT2D eigenvalue weighted by atomic mass is 10.1. The lowest BCUT2D eigenvalue weighted by Gasteiger charge is -2.30. The van der Waals surface area contributed by atoms with E-state index in [2.05, 4.69) is 5.32 Å². The first-order valence-corrected chi connectivity index (χ1v) is 13.3. The zero-order valence-electron chi connectivity index (χ0n) is 19.2. The van der Waals surface area contributed by atoms with Gasteiger partial charge in [-0.25, -0.2) is 8.42 Å². The third kappa shape index (κ3) is 5.77. The number of amides is 2. The van der Waals surface area contributed by atoms with E-state index in [0.717, 1.165) is 38.5 Å². The molecule has 2 aliphatic heterocycles. The Morgan fingerprint density at radius 1 is 1.00 bits per heavy atom. The summed E-state index contributed by atoms with van der Waals surface area (Å²) >= 11 is 0. The van der Waals surface area contributed by atoms with Gasteiger partial charge in [-0.05, 0) is 49.4 Å². The molecule has 1 saturated heterocycles. The molecule has 4 rings (SSSR count). The Labute approximate surface area is 200 Å². The molecule has 0 bridgehead atoms. The molecule has 8 nitrogen and oxygen atoms in total. The Hall–Kier alpha value is -2.91. The summed E-state index contributed by atoms with van der Waals surface area (Å²) in [5.41, 5.74) is 1.51. The number of nitrogens with zero attached hydrogens (tertiary/aromatic N) is 2. The average molecular weight is 486 g/mol. The molecule has 9 heteroatoms. The fourth-order valence-electron chi connectivity index (χ4n) is 4.31. The van der Waals surface area contributed by atoms with Crippen molar-refractivity contribution in [2.45, 2.75) is 43.4 Å². The fourth-order valence-corrected chi connectivity index (χ4v) is 5.85. The minimum atomic E-state index is -3.69. The maximum absolute atomic E-state index is 13.2. The molecule has 0 spiro atoms. The SMILES string of the molecule is O=C(CN1C(=O)COc2ccc(S(=O)(=O)N3CCCCCC3)cc21)NCCCc1ccccc1. The molecule has 2 aromatic carbocycles. The second kappa shape index (κ2) is 11.0. The van der Waals surface area contributed by atoms with Crippen LogP contribution in [0.2, 0.25) is 0 Å². The lowest BCUT2D eigenvalue weighted by molar-refractivity contribution is -0.125. The highest BCUT2D eigenvalue weighted by atomic mass is 32.2. The number of rotatable bonds is 8. The summed E-state index contributed by atoms with van der Waals surface area (Å²) in [6.07, 6.45) is 5.34. The topological polar surface area (TPSA) is 96.0 Å². The average Bonchev–Trinajstić information content (AvgIpc) is 3.14. The Morgan fingerprint density at radius 2 is 1.74 bits per heavy atom. The standard InChI is InChI=1S/C25H31N3O5S/c29-24(26-14-8-11-20-9-4-3-5-10-20)18-28-22-17-21(12-13-23(22)33-19-25(28)30)34(31,32)27-15-6-1-2-7-16-27/h3-5,9-10,12-13,17H,1-2,6-8,11,14-16,18-19H2,(H,26,29). The number of anilines is 1. The van der Waals surface area contributed by atoms with Crippen LogP contribution in [0.4, 0.5) is 5.69 Å². The van der Waals surface area contributed by atoms with E-state index >= 15 is 0 Å². The zero-order chi connectivity index (χ0) is 24.0. The van der Waals surface area contributed by atoms with Gasteiger partial charge in [0.2, 0.25) is 15.9 Å². The molecule has 0 radical (unpaired) electrons. The van der Waals surface area contributed by atoms with Gasteiger partial charge in [0.1, 0.15) is 12.3 Å². The minimum Gasteiger partial charge on any atom is -0.482 e. The predicted octanol–water partition coefficient (Wildman–Crippen LogP) is 2.73. The van der Waals surface area contributed by atoms with Gasteiger partial charge in [0.05, 0.1) is 10.6 Å². The van der Waals surface area contributed by atoms with E-state index < -0.39 is 10.0 Å². The summed E-state index contributed by atoms with van der Waals surface area (Å²) in [4.78, 5) is 26.6. The number of hydrogen-bond donors (Lipinski definition) is 1. The normalized spacial score (nSPS) is 16.9. The van der Waals surface area contributed by atoms with Gasteiger partial charge in [-0.2, -0.15) is 4.31 Å². The summed E-state index contributed by atoms with van der Waals surface area (Å²) in [6, 6.07) is 14.6. The number of nitrogens with one attached hydrogen (secondary N) is 1. The first-order valence-electron chi connectivity index (χ1n) is 11.8. The zero-order valence-corrected chi connectivity index (χ0v) is 20.1. The molecule has 0 atom stereocenters. The highest BCUT2D eigenvalue weighted by Crippen LogP contribution is 2.35. The molecular weight excluding hydrogens is 454 g/mol. The molecule has 0 aliphatic carbocycles. The third-order valence-electron chi connectivity index (χ3n) is 6.19. The number of fused-ring (bicyclic) bond motifs is 1. The molecule has 0 aromatic heterocycles. The molecule has 1 N–H and O–H groups in total. The Balaban J connectivity index is 1.43. The van der Waals surface area contributed by atoms with Gasteiger partial charge in [-0.15, -0.1) is 0 Å². The highest BCUT2D eigenvalue weighted by Gasteiger charge is 2.31. The van der Waals surface area contributed by atoms with E-state index in [0.29, 0.717) is 31.1 Å². The van der Waals surface area contributed by atoms with E-state index in [9.17, 15) is 18.0 Å². The van der Waals surface area contributed by atoms with Gasteiger partial charge < -0.3 is 10.1 Å². The predicted molar refractivity (Wildman–Crippen MR) is 129 cm³/mol. The summed E-state index contributed by atoms with van der Waals surface area (Å²) in [5, 5.41) is 2.85. The van der Waals surface area contributed by atoms with Crippen LogP contribution in [0.5, 0.6) is 5.75 Å². The number of hydrogen-bond acceptors (Lipinski definition) is 5. The second-order valence-corrected chi connectivity index (χ2v) is 10.6. The van der Waals surface area contributed by atoms with Gasteiger partial charge in [-0.3, -0.25) is 14.5 Å². The molecule has 2 amide bonds. The monoisotopic (exact) mass is 485 g/mol. The van der Waals surface area contributed by atoms with E-state index in [1.54, 1.807) is 6.07 Å². The Bertz CT molecular complexity index is 1110. The summed E-state index contributed by atoms with van der Waals surface area (Å²) < 4.78 is 33.5. The van der Waals surface area contributed by atoms with Crippen LogP contribution in [-0.4, -0.2) is 57.3 Å². The molecule has 182 valence electrons. The fraction of sp³-hybridized carbons (Fsp3) is 0.440. The van der Waals surface area contributed by atoms with Crippen molar-refractivity contribution in [1.82, 2.24) is 9.62 Å². The minimum absolute atomic E-state index is 0.111. The van der Waals surface area contributed by atoms with Crippen LogP contribution in [-0.2, 0) is 26.0 Å². The van der Waals surface area contributed by atoms with E-state index in [1.165, 1.54) is 26.9 Å². The quantitative estimate of drug-likeness (QED) is 0.580. The van der Waals surface area contributed by atoms with Crippen LogP contribution in [0.25, 0.3) is 0 Å². The molecule has 34 heavy (non-hydrogen) atoms. The Morgan fingerprint density at radius 3 is 2.47 bits per heavy atom. The van der Waals surface area contributed by atoms with Crippen LogP contribution in [0.3, 0.4) is 0 Å². The lowest BCUT2D eigenvalue weighted by Crippen LogP contribution is -2.45. The largest absolute Gasteiger partial charge is 0.482 e. The van der Waals surface area contributed by atoms with E-state index in [-0.39, 0.29) is 29.9 Å². The summed E-state index contributed by atoms with van der Waals surface area (Å²) in [7, 11) is -3.69. The van der Waals surface area contributed by atoms with Gasteiger partial charge in [-0.1, -0.05) is 43.2 Å². The van der Waals surface area contributed by atoms with Crippen LogP contribution in [0.1, 0.15) is 37.7 Å². The van der Waals surface area contributed by atoms with Gasteiger partial charge in [0.15, 0.2) is 6.61 Å². The van der Waals surface area contributed by atoms with Gasteiger partial charge in [0, 0.05) is 19.6 Å². The molecule has 2 aromatic rings. The number of sulfonamides is 1.